The number of para-hydroxylation sites is 1. The maximum absolute atomic E-state index is 12.5. The van der Waals surface area contributed by atoms with Crippen molar-refractivity contribution in [3.63, 3.8) is 0 Å². The van der Waals surface area contributed by atoms with Gasteiger partial charge in [0.05, 0.1) is 12.6 Å². The number of ether oxygens (including phenoxy) is 1. The van der Waals surface area contributed by atoms with Crippen LogP contribution in [0.2, 0.25) is 0 Å². The van der Waals surface area contributed by atoms with Crippen LogP contribution in [0.3, 0.4) is 0 Å². The fourth-order valence-corrected chi connectivity index (χ4v) is 3.12. The van der Waals surface area contributed by atoms with Crippen LogP contribution in [0.15, 0.2) is 24.3 Å². The van der Waals surface area contributed by atoms with Crippen LogP contribution in [0.1, 0.15) is 50.6 Å². The molecule has 0 aliphatic heterocycles. The molecule has 1 saturated carbocycles. The van der Waals surface area contributed by atoms with Crippen molar-refractivity contribution in [3.05, 3.63) is 29.8 Å². The number of carbonyl (C=O) groups excluding carboxylic acids is 2. The summed E-state index contributed by atoms with van der Waals surface area (Å²) in [4.78, 5) is 24.1. The van der Waals surface area contributed by atoms with Gasteiger partial charge < -0.3 is 15.4 Å². The molecule has 0 aromatic heterocycles. The van der Waals surface area contributed by atoms with Gasteiger partial charge in [-0.2, -0.15) is 8.78 Å². The number of hydrogen-bond donors (Lipinski definition) is 2. The van der Waals surface area contributed by atoms with Crippen LogP contribution in [-0.4, -0.2) is 25.0 Å². The number of rotatable bonds is 8. The molecule has 0 spiro atoms. The second kappa shape index (κ2) is 9.34. The third kappa shape index (κ3) is 5.69. The first-order valence-corrected chi connectivity index (χ1v) is 8.62. The monoisotopic (exact) mass is 354 g/mol. The van der Waals surface area contributed by atoms with Gasteiger partial charge in [0.1, 0.15) is 5.75 Å². The molecule has 0 bridgehead atoms. The van der Waals surface area contributed by atoms with Crippen molar-refractivity contribution < 1.29 is 23.1 Å². The molecule has 1 aromatic carbocycles. The molecule has 2 N–H and O–H groups in total. The highest BCUT2D eigenvalue weighted by atomic mass is 19.3. The van der Waals surface area contributed by atoms with E-state index in [0.717, 1.165) is 25.7 Å². The Morgan fingerprint density at radius 2 is 1.92 bits per heavy atom. The molecule has 7 heteroatoms. The van der Waals surface area contributed by atoms with Crippen LogP contribution < -0.4 is 15.4 Å². The fourth-order valence-electron chi connectivity index (χ4n) is 3.12. The number of hydrogen-bond acceptors (Lipinski definition) is 3. The van der Waals surface area contributed by atoms with Gasteiger partial charge in [-0.05, 0) is 25.3 Å². The zero-order valence-corrected chi connectivity index (χ0v) is 14.3. The van der Waals surface area contributed by atoms with Crippen LogP contribution in [0, 0.1) is 5.92 Å². The minimum absolute atomic E-state index is 0.00469. The van der Waals surface area contributed by atoms with Crippen molar-refractivity contribution in [2.75, 3.05) is 6.54 Å². The van der Waals surface area contributed by atoms with E-state index in [1.165, 1.54) is 6.07 Å². The van der Waals surface area contributed by atoms with E-state index in [9.17, 15) is 18.4 Å². The van der Waals surface area contributed by atoms with E-state index in [1.54, 1.807) is 18.2 Å². The molecule has 0 radical (unpaired) electrons. The summed E-state index contributed by atoms with van der Waals surface area (Å²) >= 11 is 0. The SMILES string of the molecule is CCC(NC(=O)CNC(=O)C1CCCC1)c1ccccc1OC(F)F. The average molecular weight is 354 g/mol. The van der Waals surface area contributed by atoms with Crippen LogP contribution in [0.25, 0.3) is 0 Å². The van der Waals surface area contributed by atoms with Crippen LogP contribution >= 0.6 is 0 Å². The van der Waals surface area contributed by atoms with E-state index in [1.807, 2.05) is 6.92 Å². The summed E-state index contributed by atoms with van der Waals surface area (Å²) in [7, 11) is 0. The smallest absolute Gasteiger partial charge is 0.387 e. The molecule has 1 unspecified atom stereocenters. The number of amides is 2. The van der Waals surface area contributed by atoms with E-state index in [-0.39, 0.29) is 30.0 Å². The molecule has 1 atom stereocenters. The van der Waals surface area contributed by atoms with E-state index in [4.69, 9.17) is 0 Å². The molecule has 2 amide bonds. The van der Waals surface area contributed by atoms with Gasteiger partial charge >= 0.3 is 6.61 Å². The zero-order chi connectivity index (χ0) is 18.2. The van der Waals surface area contributed by atoms with Gasteiger partial charge in [0.25, 0.3) is 0 Å². The molecule has 25 heavy (non-hydrogen) atoms. The predicted molar refractivity (Wildman–Crippen MR) is 89.2 cm³/mol. The van der Waals surface area contributed by atoms with Crippen molar-refractivity contribution in [1.29, 1.82) is 0 Å². The molecular formula is C18H24F2N2O3. The topological polar surface area (TPSA) is 67.4 Å². The standard InChI is InChI=1S/C18H24F2N2O3/c1-2-14(13-9-5-6-10-15(13)25-18(19)20)22-16(23)11-21-17(24)12-7-3-4-8-12/h5-6,9-10,12,14,18H,2-4,7-8,11H2,1H3,(H,21,24)(H,22,23). The van der Waals surface area contributed by atoms with Gasteiger partial charge in [0, 0.05) is 11.5 Å². The summed E-state index contributed by atoms with van der Waals surface area (Å²) in [5.41, 5.74) is 0.487. The van der Waals surface area contributed by atoms with Gasteiger partial charge in [0.15, 0.2) is 0 Å². The Morgan fingerprint density at radius 3 is 2.56 bits per heavy atom. The normalized spacial score (nSPS) is 15.8. The quantitative estimate of drug-likeness (QED) is 0.754. The molecule has 138 valence electrons. The second-order valence-electron chi connectivity index (χ2n) is 6.14. The molecule has 0 heterocycles. The lowest BCUT2D eigenvalue weighted by Gasteiger charge is -2.21. The van der Waals surface area contributed by atoms with Crippen LogP contribution in [0.4, 0.5) is 8.78 Å². The lowest BCUT2D eigenvalue weighted by atomic mass is 10.0. The molecular weight excluding hydrogens is 330 g/mol. The lowest BCUT2D eigenvalue weighted by molar-refractivity contribution is -0.128. The highest BCUT2D eigenvalue weighted by Crippen LogP contribution is 2.28. The Hall–Kier alpha value is -2.18. The molecule has 1 fully saturated rings. The van der Waals surface area contributed by atoms with Crippen molar-refractivity contribution in [2.45, 2.75) is 51.7 Å². The van der Waals surface area contributed by atoms with Crippen molar-refractivity contribution >= 4 is 11.8 Å². The van der Waals surface area contributed by atoms with Crippen molar-refractivity contribution in [1.82, 2.24) is 10.6 Å². The van der Waals surface area contributed by atoms with Gasteiger partial charge in [-0.3, -0.25) is 9.59 Å². The van der Waals surface area contributed by atoms with E-state index in [2.05, 4.69) is 15.4 Å². The third-order valence-corrected chi connectivity index (χ3v) is 4.40. The predicted octanol–water partition coefficient (Wildman–Crippen LogP) is 3.16. The Kier molecular flexibility index (Phi) is 7.16. The lowest BCUT2D eigenvalue weighted by Crippen LogP contribution is -2.40. The van der Waals surface area contributed by atoms with Crippen LogP contribution in [0.5, 0.6) is 5.75 Å². The van der Waals surface area contributed by atoms with Gasteiger partial charge in [-0.15, -0.1) is 0 Å². The third-order valence-electron chi connectivity index (χ3n) is 4.40. The first-order chi connectivity index (χ1) is 12.0. The maximum atomic E-state index is 12.5. The number of benzene rings is 1. The maximum Gasteiger partial charge on any atom is 0.387 e. The largest absolute Gasteiger partial charge is 0.434 e. The highest BCUT2D eigenvalue weighted by molar-refractivity contribution is 5.86. The summed E-state index contributed by atoms with van der Waals surface area (Å²) < 4.78 is 29.6. The Balaban J connectivity index is 1.92. The summed E-state index contributed by atoms with van der Waals surface area (Å²) in [5, 5.41) is 5.41. The minimum atomic E-state index is -2.93. The van der Waals surface area contributed by atoms with Crippen LogP contribution in [-0.2, 0) is 9.59 Å². The minimum Gasteiger partial charge on any atom is -0.434 e. The summed E-state index contributed by atoms with van der Waals surface area (Å²) in [6.07, 6.45) is 4.32. The molecule has 1 aliphatic rings. The Bertz CT molecular complexity index is 589. The first-order valence-electron chi connectivity index (χ1n) is 8.62. The number of alkyl halides is 2. The van der Waals surface area contributed by atoms with E-state index < -0.39 is 12.7 Å². The Labute approximate surface area is 146 Å². The first kappa shape index (κ1) is 19.1. The van der Waals surface area contributed by atoms with E-state index >= 15 is 0 Å². The zero-order valence-electron chi connectivity index (χ0n) is 14.3. The van der Waals surface area contributed by atoms with Gasteiger partial charge in [-0.1, -0.05) is 38.0 Å². The van der Waals surface area contributed by atoms with Crippen molar-refractivity contribution in [3.8, 4) is 5.75 Å². The molecule has 5 nitrogen and oxygen atoms in total. The van der Waals surface area contributed by atoms with Gasteiger partial charge in [-0.25, -0.2) is 0 Å². The fraction of sp³-hybridized carbons (Fsp3) is 0.556. The second-order valence-corrected chi connectivity index (χ2v) is 6.14. The highest BCUT2D eigenvalue weighted by Gasteiger charge is 2.23. The molecule has 1 aliphatic carbocycles. The van der Waals surface area contributed by atoms with Crippen molar-refractivity contribution in [2.24, 2.45) is 5.92 Å². The average Bonchev–Trinajstić information content (AvgIpc) is 3.12. The number of halogens is 2. The van der Waals surface area contributed by atoms with Gasteiger partial charge in [0.2, 0.25) is 11.8 Å². The Morgan fingerprint density at radius 1 is 1.24 bits per heavy atom. The molecule has 0 saturated heterocycles. The summed E-state index contributed by atoms with van der Waals surface area (Å²) in [6.45, 7) is -1.22. The summed E-state index contributed by atoms with van der Waals surface area (Å²) in [5.74, 6) is -0.415. The number of nitrogens with one attached hydrogen (secondary N) is 2. The van der Waals surface area contributed by atoms with E-state index in [0.29, 0.717) is 12.0 Å². The number of carbonyl (C=O) groups is 2. The molecule has 1 aromatic rings. The summed E-state index contributed by atoms with van der Waals surface area (Å²) in [6, 6.07) is 5.91. The molecule has 2 rings (SSSR count).